The molecular weight excluding hydrogens is 550 g/mol. The van der Waals surface area contributed by atoms with E-state index in [9.17, 15) is 19.5 Å². The molecule has 4 atom stereocenters. The quantitative estimate of drug-likeness (QED) is 0.314. The summed E-state index contributed by atoms with van der Waals surface area (Å²) in [4.78, 5) is 42.0. The number of amides is 3. The Morgan fingerprint density at radius 3 is 2.29 bits per heavy atom. The number of hydrogen-bond donors (Lipinski definition) is 3. The van der Waals surface area contributed by atoms with E-state index in [1.807, 2.05) is 93.6 Å². The van der Waals surface area contributed by atoms with Gasteiger partial charge in [0.25, 0.3) is 11.8 Å². The standard InChI is InChI=1S/C33H39N3O5S/c1-22-13-11-12-16-25(22)20-34-31(39)29-33(3,4)42-21-36(29)32(40)28(37)27(19-24-14-7-5-8-15-24)35-30(38)23(2)41-26-17-9-6-10-18-26/h5-18,23,27-29,37H,19-21H2,1-4H3,(H,34,39)(H,35,38)/t23?,27-,28-,29+/m0/s1. The van der Waals surface area contributed by atoms with Gasteiger partial charge in [-0.2, -0.15) is 0 Å². The minimum atomic E-state index is -1.58. The van der Waals surface area contributed by atoms with Crippen molar-refractivity contribution < 1.29 is 24.2 Å². The van der Waals surface area contributed by atoms with E-state index in [1.54, 1.807) is 19.1 Å². The van der Waals surface area contributed by atoms with Crippen molar-refractivity contribution in [2.24, 2.45) is 0 Å². The van der Waals surface area contributed by atoms with Crippen LogP contribution in [0.1, 0.15) is 37.5 Å². The minimum Gasteiger partial charge on any atom is -0.481 e. The van der Waals surface area contributed by atoms with Crippen molar-refractivity contribution in [2.75, 3.05) is 5.88 Å². The Labute approximate surface area is 251 Å². The van der Waals surface area contributed by atoms with Crippen molar-refractivity contribution in [2.45, 2.75) is 69.7 Å². The molecule has 1 heterocycles. The fourth-order valence-electron chi connectivity index (χ4n) is 5.01. The van der Waals surface area contributed by atoms with Gasteiger partial charge in [-0.15, -0.1) is 11.8 Å². The van der Waals surface area contributed by atoms with Gasteiger partial charge in [-0.1, -0.05) is 72.8 Å². The Morgan fingerprint density at radius 1 is 1.00 bits per heavy atom. The van der Waals surface area contributed by atoms with E-state index < -0.39 is 40.9 Å². The third-order valence-corrected chi connectivity index (χ3v) is 8.85. The number of carbonyl (C=O) groups excluding carboxylic acids is 3. The number of carbonyl (C=O) groups is 3. The van der Waals surface area contributed by atoms with E-state index in [0.717, 1.165) is 16.7 Å². The molecule has 3 aromatic carbocycles. The minimum absolute atomic E-state index is 0.214. The van der Waals surface area contributed by atoms with Crippen molar-refractivity contribution in [3.8, 4) is 5.75 Å². The lowest BCUT2D eigenvalue weighted by molar-refractivity contribution is -0.148. The summed E-state index contributed by atoms with van der Waals surface area (Å²) in [5.74, 6) is -0.586. The van der Waals surface area contributed by atoms with Crippen molar-refractivity contribution >= 4 is 29.5 Å². The number of aliphatic hydroxyl groups excluding tert-OH is 1. The Kier molecular flexibility index (Phi) is 10.3. The largest absolute Gasteiger partial charge is 0.481 e. The number of nitrogens with zero attached hydrogens (tertiary/aromatic N) is 1. The van der Waals surface area contributed by atoms with E-state index >= 15 is 0 Å². The molecule has 0 saturated carbocycles. The molecule has 222 valence electrons. The highest BCUT2D eigenvalue weighted by atomic mass is 32.2. The van der Waals surface area contributed by atoms with E-state index in [4.69, 9.17) is 4.74 Å². The molecule has 0 aliphatic carbocycles. The molecule has 9 heteroatoms. The molecule has 42 heavy (non-hydrogen) atoms. The van der Waals surface area contributed by atoms with Crippen LogP contribution in [0.2, 0.25) is 0 Å². The zero-order valence-corrected chi connectivity index (χ0v) is 25.3. The highest BCUT2D eigenvalue weighted by molar-refractivity contribution is 8.00. The van der Waals surface area contributed by atoms with Gasteiger partial charge < -0.3 is 25.4 Å². The van der Waals surface area contributed by atoms with Crippen molar-refractivity contribution in [3.63, 3.8) is 0 Å². The lowest BCUT2D eigenvalue weighted by atomic mass is 9.97. The van der Waals surface area contributed by atoms with Crippen LogP contribution in [0, 0.1) is 6.92 Å². The molecule has 3 aromatic rings. The summed E-state index contributed by atoms with van der Waals surface area (Å²) in [6, 6.07) is 24.4. The van der Waals surface area contributed by atoms with Crippen molar-refractivity contribution in [1.82, 2.24) is 15.5 Å². The molecule has 1 aliphatic rings. The lowest BCUT2D eigenvalue weighted by Crippen LogP contribution is -2.59. The first kappa shape index (κ1) is 31.1. The smallest absolute Gasteiger partial charge is 0.261 e. The van der Waals surface area contributed by atoms with E-state index in [1.165, 1.54) is 16.7 Å². The molecule has 1 fully saturated rings. The number of aryl methyl sites for hydroxylation is 1. The van der Waals surface area contributed by atoms with Crippen molar-refractivity contribution in [3.05, 3.63) is 102 Å². The highest BCUT2D eigenvalue weighted by Crippen LogP contribution is 2.40. The Hall–Kier alpha value is -3.82. The molecule has 0 spiro atoms. The number of ether oxygens (including phenoxy) is 1. The number of aliphatic hydroxyl groups is 1. The first-order valence-electron chi connectivity index (χ1n) is 14.1. The molecule has 1 saturated heterocycles. The molecule has 1 unspecified atom stereocenters. The van der Waals surface area contributed by atoms with Crippen LogP contribution in [0.25, 0.3) is 0 Å². The molecule has 0 bridgehead atoms. The van der Waals surface area contributed by atoms with Gasteiger partial charge in [0.15, 0.2) is 12.2 Å². The summed E-state index contributed by atoms with van der Waals surface area (Å²) >= 11 is 1.48. The summed E-state index contributed by atoms with van der Waals surface area (Å²) in [6.07, 6.45) is -2.24. The number of nitrogens with one attached hydrogen (secondary N) is 2. The van der Waals surface area contributed by atoms with E-state index in [0.29, 0.717) is 12.3 Å². The number of thioether (sulfide) groups is 1. The van der Waals surface area contributed by atoms with Gasteiger partial charge in [0, 0.05) is 11.3 Å². The highest BCUT2D eigenvalue weighted by Gasteiger charge is 2.49. The molecule has 8 nitrogen and oxygen atoms in total. The average molecular weight is 590 g/mol. The third-order valence-electron chi connectivity index (χ3n) is 7.48. The molecule has 3 N–H and O–H groups in total. The second-order valence-electron chi connectivity index (χ2n) is 11.1. The number of hydrogen-bond acceptors (Lipinski definition) is 6. The summed E-state index contributed by atoms with van der Waals surface area (Å²) in [5.41, 5.74) is 2.89. The molecule has 0 aromatic heterocycles. The van der Waals surface area contributed by atoms with Gasteiger partial charge in [-0.05, 0) is 62.9 Å². The number of para-hydroxylation sites is 1. The van der Waals surface area contributed by atoms with E-state index in [2.05, 4.69) is 10.6 Å². The third kappa shape index (κ3) is 7.72. The van der Waals surface area contributed by atoms with Crippen LogP contribution in [-0.2, 0) is 27.3 Å². The van der Waals surface area contributed by atoms with Crippen LogP contribution in [0.5, 0.6) is 5.75 Å². The van der Waals surface area contributed by atoms with Crippen molar-refractivity contribution in [1.29, 1.82) is 0 Å². The van der Waals surface area contributed by atoms with Gasteiger partial charge >= 0.3 is 0 Å². The second kappa shape index (κ2) is 13.9. The molecule has 3 amide bonds. The normalized spacial score (nSPS) is 18.0. The maximum absolute atomic E-state index is 13.9. The molecule has 1 aliphatic heterocycles. The first-order valence-corrected chi connectivity index (χ1v) is 15.1. The Bertz CT molecular complexity index is 1370. The Morgan fingerprint density at radius 2 is 1.62 bits per heavy atom. The molecule has 0 radical (unpaired) electrons. The first-order chi connectivity index (χ1) is 20.1. The molecule has 4 rings (SSSR count). The SMILES string of the molecule is Cc1ccccc1CNC(=O)[C@H]1N(C(=O)[C@@H](O)[C@H](Cc2ccccc2)NC(=O)C(C)Oc2ccccc2)CSC1(C)C. The van der Waals surface area contributed by atoms with Crippen LogP contribution in [0.15, 0.2) is 84.9 Å². The average Bonchev–Trinajstić information content (AvgIpc) is 3.31. The zero-order chi connectivity index (χ0) is 30.3. The summed E-state index contributed by atoms with van der Waals surface area (Å²) < 4.78 is 5.19. The fourth-order valence-corrected chi connectivity index (χ4v) is 6.15. The van der Waals surface area contributed by atoms with Gasteiger partial charge in [0.2, 0.25) is 5.91 Å². The van der Waals surface area contributed by atoms with Gasteiger partial charge in [0.1, 0.15) is 11.8 Å². The predicted octanol–water partition coefficient (Wildman–Crippen LogP) is 3.85. The topological polar surface area (TPSA) is 108 Å². The van der Waals surface area contributed by atoms with Crippen LogP contribution in [-0.4, -0.2) is 62.6 Å². The predicted molar refractivity (Wildman–Crippen MR) is 165 cm³/mol. The maximum atomic E-state index is 13.9. The van der Waals surface area contributed by atoms with Gasteiger partial charge in [-0.3, -0.25) is 14.4 Å². The van der Waals surface area contributed by atoms with Crippen LogP contribution < -0.4 is 15.4 Å². The number of rotatable bonds is 11. The lowest BCUT2D eigenvalue weighted by Gasteiger charge is -2.33. The summed E-state index contributed by atoms with van der Waals surface area (Å²) in [6.45, 7) is 7.77. The van der Waals surface area contributed by atoms with Crippen LogP contribution >= 0.6 is 11.8 Å². The second-order valence-corrected chi connectivity index (χ2v) is 12.7. The zero-order valence-electron chi connectivity index (χ0n) is 24.4. The van der Waals surface area contributed by atoms with E-state index in [-0.39, 0.29) is 18.2 Å². The summed E-state index contributed by atoms with van der Waals surface area (Å²) in [7, 11) is 0. The number of benzene rings is 3. The maximum Gasteiger partial charge on any atom is 0.261 e. The summed E-state index contributed by atoms with van der Waals surface area (Å²) in [5, 5.41) is 17.3. The van der Waals surface area contributed by atoms with Crippen LogP contribution in [0.4, 0.5) is 0 Å². The Balaban J connectivity index is 1.50. The molecular formula is C33H39N3O5S. The monoisotopic (exact) mass is 589 g/mol. The fraction of sp³-hybridized carbons (Fsp3) is 0.364. The van der Waals surface area contributed by atoms with Gasteiger partial charge in [0.05, 0.1) is 11.9 Å². The van der Waals surface area contributed by atoms with Crippen LogP contribution in [0.3, 0.4) is 0 Å². The van der Waals surface area contributed by atoms with Gasteiger partial charge in [-0.25, -0.2) is 0 Å².